The number of phenols is 1. The number of anilines is 1. The molecule has 0 aliphatic rings. The highest BCUT2D eigenvalue weighted by Gasteiger charge is 2.06. The maximum Gasteiger partial charge on any atom is 0.122 e. The lowest BCUT2D eigenvalue weighted by Crippen LogP contribution is -2.29. The Labute approximate surface area is 88.2 Å². The summed E-state index contributed by atoms with van der Waals surface area (Å²) in [7, 11) is 0. The van der Waals surface area contributed by atoms with E-state index in [0.717, 1.165) is 0 Å². The molecule has 0 aliphatic carbocycles. The summed E-state index contributed by atoms with van der Waals surface area (Å²) in [6.45, 7) is 0.323. The predicted octanol–water partition coefficient (Wildman–Crippen LogP) is -0.583. The third-order valence-electron chi connectivity index (χ3n) is 2.08. The molecule has 5 nitrogen and oxygen atoms in total. The first-order valence-corrected chi connectivity index (χ1v) is 4.71. The SMILES string of the molecule is Nc1cccc(O)c1CNCC(O)CO. The van der Waals surface area contributed by atoms with Crippen molar-refractivity contribution >= 4 is 5.69 Å². The molecule has 0 bridgehead atoms. The number of phenolic OH excluding ortho intramolecular Hbond substituents is 1. The molecule has 0 heterocycles. The fraction of sp³-hybridized carbons (Fsp3) is 0.400. The first-order chi connectivity index (χ1) is 7.15. The Hall–Kier alpha value is -1.30. The van der Waals surface area contributed by atoms with E-state index in [2.05, 4.69) is 5.32 Å². The Morgan fingerprint density at radius 3 is 2.73 bits per heavy atom. The van der Waals surface area contributed by atoms with Crippen LogP contribution in [0.4, 0.5) is 5.69 Å². The Morgan fingerprint density at radius 1 is 1.40 bits per heavy atom. The number of nitrogens with one attached hydrogen (secondary N) is 1. The van der Waals surface area contributed by atoms with Crippen LogP contribution in [0.5, 0.6) is 5.75 Å². The van der Waals surface area contributed by atoms with Crippen molar-refractivity contribution in [3.63, 3.8) is 0 Å². The molecule has 1 aromatic rings. The molecule has 1 unspecified atom stereocenters. The van der Waals surface area contributed by atoms with Crippen LogP contribution < -0.4 is 11.1 Å². The molecule has 6 N–H and O–H groups in total. The molecule has 1 rings (SSSR count). The minimum Gasteiger partial charge on any atom is -0.508 e. The van der Waals surface area contributed by atoms with E-state index in [1.807, 2.05) is 0 Å². The second-order valence-electron chi connectivity index (χ2n) is 3.31. The summed E-state index contributed by atoms with van der Waals surface area (Å²) < 4.78 is 0. The maximum absolute atomic E-state index is 9.48. The van der Waals surface area contributed by atoms with Gasteiger partial charge in [0.15, 0.2) is 0 Å². The molecule has 0 fully saturated rings. The number of aliphatic hydroxyl groups excluding tert-OH is 2. The largest absolute Gasteiger partial charge is 0.508 e. The van der Waals surface area contributed by atoms with Crippen LogP contribution >= 0.6 is 0 Å². The molecular formula is C10H16N2O3. The zero-order valence-electron chi connectivity index (χ0n) is 8.35. The summed E-state index contributed by atoms with van der Waals surface area (Å²) in [5.41, 5.74) is 6.76. The van der Waals surface area contributed by atoms with Crippen molar-refractivity contribution in [3.8, 4) is 5.75 Å². The summed E-state index contributed by atoms with van der Waals surface area (Å²) in [6, 6.07) is 4.91. The van der Waals surface area contributed by atoms with Gasteiger partial charge in [0.25, 0.3) is 0 Å². The topological polar surface area (TPSA) is 98.7 Å². The zero-order chi connectivity index (χ0) is 11.3. The number of benzene rings is 1. The van der Waals surface area contributed by atoms with Crippen molar-refractivity contribution in [1.29, 1.82) is 0 Å². The fourth-order valence-corrected chi connectivity index (χ4v) is 1.21. The van der Waals surface area contributed by atoms with Crippen LogP contribution in [0.25, 0.3) is 0 Å². The monoisotopic (exact) mass is 212 g/mol. The second kappa shape index (κ2) is 5.55. The van der Waals surface area contributed by atoms with Crippen LogP contribution in [-0.2, 0) is 6.54 Å². The molecule has 84 valence electrons. The van der Waals surface area contributed by atoms with Gasteiger partial charge in [-0.1, -0.05) is 6.07 Å². The van der Waals surface area contributed by atoms with Gasteiger partial charge < -0.3 is 26.4 Å². The van der Waals surface area contributed by atoms with Crippen LogP contribution in [0.1, 0.15) is 5.56 Å². The van der Waals surface area contributed by atoms with E-state index >= 15 is 0 Å². The van der Waals surface area contributed by atoms with Crippen molar-refractivity contribution < 1.29 is 15.3 Å². The third-order valence-corrected chi connectivity index (χ3v) is 2.08. The standard InChI is InChI=1S/C10H16N2O3/c11-9-2-1-3-10(15)8(9)5-12-4-7(14)6-13/h1-3,7,12-15H,4-6,11H2. The molecule has 0 aromatic heterocycles. The lowest BCUT2D eigenvalue weighted by atomic mass is 10.1. The van der Waals surface area contributed by atoms with Gasteiger partial charge in [0.2, 0.25) is 0 Å². The van der Waals surface area contributed by atoms with E-state index in [1.165, 1.54) is 0 Å². The molecular weight excluding hydrogens is 196 g/mol. The number of nitrogens with two attached hydrogens (primary N) is 1. The van der Waals surface area contributed by atoms with E-state index in [1.54, 1.807) is 18.2 Å². The summed E-state index contributed by atoms with van der Waals surface area (Å²) in [6.07, 6.45) is -0.794. The Morgan fingerprint density at radius 2 is 2.13 bits per heavy atom. The Balaban J connectivity index is 2.50. The van der Waals surface area contributed by atoms with Gasteiger partial charge in [0.1, 0.15) is 5.75 Å². The quantitative estimate of drug-likeness (QED) is 0.420. The molecule has 0 saturated carbocycles. The average molecular weight is 212 g/mol. The number of nitrogen functional groups attached to an aromatic ring is 1. The lowest BCUT2D eigenvalue weighted by molar-refractivity contribution is 0.0942. The molecule has 15 heavy (non-hydrogen) atoms. The van der Waals surface area contributed by atoms with Gasteiger partial charge in [-0.15, -0.1) is 0 Å². The van der Waals surface area contributed by atoms with Crippen molar-refractivity contribution in [3.05, 3.63) is 23.8 Å². The van der Waals surface area contributed by atoms with E-state index in [-0.39, 0.29) is 18.9 Å². The van der Waals surface area contributed by atoms with Crippen LogP contribution in [-0.4, -0.2) is 34.6 Å². The van der Waals surface area contributed by atoms with E-state index in [9.17, 15) is 5.11 Å². The average Bonchev–Trinajstić information content (AvgIpc) is 2.22. The Kier molecular flexibility index (Phi) is 4.36. The summed E-state index contributed by atoms with van der Waals surface area (Å²) in [5, 5.41) is 30.0. The van der Waals surface area contributed by atoms with Gasteiger partial charge in [0, 0.05) is 24.3 Å². The van der Waals surface area contributed by atoms with Gasteiger partial charge in [-0.2, -0.15) is 0 Å². The molecule has 1 aromatic carbocycles. The molecule has 0 saturated heterocycles. The van der Waals surface area contributed by atoms with Crippen LogP contribution in [0.2, 0.25) is 0 Å². The first-order valence-electron chi connectivity index (χ1n) is 4.71. The highest BCUT2D eigenvalue weighted by Crippen LogP contribution is 2.22. The van der Waals surface area contributed by atoms with Crippen molar-refractivity contribution in [2.75, 3.05) is 18.9 Å². The van der Waals surface area contributed by atoms with Crippen LogP contribution in [0.15, 0.2) is 18.2 Å². The third kappa shape index (κ3) is 3.39. The summed E-state index contributed by atoms with van der Waals surface area (Å²) in [5.74, 6) is 0.126. The van der Waals surface area contributed by atoms with E-state index in [4.69, 9.17) is 15.9 Å². The molecule has 0 amide bonds. The number of hydrogen-bond acceptors (Lipinski definition) is 5. The number of hydrogen-bond donors (Lipinski definition) is 5. The van der Waals surface area contributed by atoms with Crippen LogP contribution in [0.3, 0.4) is 0 Å². The highest BCUT2D eigenvalue weighted by molar-refractivity contribution is 5.53. The molecule has 0 spiro atoms. The minimum absolute atomic E-state index is 0.126. The van der Waals surface area contributed by atoms with Gasteiger partial charge in [0.05, 0.1) is 12.7 Å². The fourth-order valence-electron chi connectivity index (χ4n) is 1.21. The minimum atomic E-state index is -0.794. The van der Waals surface area contributed by atoms with Crippen molar-refractivity contribution in [1.82, 2.24) is 5.32 Å². The van der Waals surface area contributed by atoms with E-state index < -0.39 is 6.10 Å². The van der Waals surface area contributed by atoms with Gasteiger partial charge in [-0.3, -0.25) is 0 Å². The van der Waals surface area contributed by atoms with Crippen molar-refractivity contribution in [2.24, 2.45) is 0 Å². The number of aromatic hydroxyl groups is 1. The Bertz CT molecular complexity index is 297. The normalized spacial score (nSPS) is 12.7. The van der Waals surface area contributed by atoms with E-state index in [0.29, 0.717) is 17.8 Å². The second-order valence-corrected chi connectivity index (χ2v) is 3.31. The molecule has 1 atom stereocenters. The number of aliphatic hydroxyl groups is 2. The first kappa shape index (κ1) is 11.8. The van der Waals surface area contributed by atoms with Gasteiger partial charge in [-0.05, 0) is 12.1 Å². The zero-order valence-corrected chi connectivity index (χ0v) is 8.35. The van der Waals surface area contributed by atoms with Crippen molar-refractivity contribution in [2.45, 2.75) is 12.6 Å². The van der Waals surface area contributed by atoms with Gasteiger partial charge >= 0.3 is 0 Å². The van der Waals surface area contributed by atoms with Gasteiger partial charge in [-0.25, -0.2) is 0 Å². The molecule has 0 aliphatic heterocycles. The smallest absolute Gasteiger partial charge is 0.122 e. The predicted molar refractivity (Wildman–Crippen MR) is 57.3 cm³/mol. The highest BCUT2D eigenvalue weighted by atomic mass is 16.3. The number of rotatable bonds is 5. The lowest BCUT2D eigenvalue weighted by Gasteiger charge is -2.11. The molecule has 0 radical (unpaired) electrons. The summed E-state index contributed by atoms with van der Waals surface area (Å²) in [4.78, 5) is 0. The summed E-state index contributed by atoms with van der Waals surface area (Å²) >= 11 is 0. The van der Waals surface area contributed by atoms with Crippen LogP contribution in [0, 0.1) is 0 Å². The maximum atomic E-state index is 9.48. The molecule has 5 heteroatoms.